The Morgan fingerprint density at radius 2 is 1.79 bits per heavy atom. The van der Waals surface area contributed by atoms with Crippen molar-refractivity contribution in [3.63, 3.8) is 0 Å². The van der Waals surface area contributed by atoms with E-state index in [-0.39, 0.29) is 6.04 Å². The molecule has 0 aromatic heterocycles. The number of hydrogen-bond acceptors (Lipinski definition) is 4. The number of nitrogens with zero attached hydrogens (tertiary/aromatic N) is 2. The molecule has 0 spiro atoms. The van der Waals surface area contributed by atoms with Crippen molar-refractivity contribution >= 4 is 11.6 Å². The van der Waals surface area contributed by atoms with Crippen LogP contribution in [0.1, 0.15) is 45.4 Å². The Hall–Kier alpha value is -0.740. The number of piperidine rings is 2. The molecule has 0 saturated carbocycles. The highest BCUT2D eigenvalue weighted by Crippen LogP contribution is 2.24. The summed E-state index contributed by atoms with van der Waals surface area (Å²) in [4.78, 5) is 26.2. The summed E-state index contributed by atoms with van der Waals surface area (Å²) in [7, 11) is 2.03. The van der Waals surface area contributed by atoms with Crippen molar-refractivity contribution in [3.8, 4) is 0 Å². The number of fused-ring (bicyclic) bond motifs is 1. The number of rotatable bonds is 1. The van der Waals surface area contributed by atoms with Gasteiger partial charge in [0.1, 0.15) is 5.78 Å². The standard InChI is InChI=1S/C8H15NO.C7H11NO/c1-7(10)8-5-3-4-6-9(8)2;9-7-5-8-4-2-1-3-6(7)8/h8H,3-6H2,1-2H3;6H,1-5H2. The van der Waals surface area contributed by atoms with Gasteiger partial charge < -0.3 is 0 Å². The molecule has 0 N–H and O–H groups in total. The smallest absolute Gasteiger partial charge is 0.163 e. The molecule has 0 aromatic carbocycles. The zero-order chi connectivity index (χ0) is 13.8. The molecule has 3 heterocycles. The van der Waals surface area contributed by atoms with E-state index in [0.29, 0.717) is 17.6 Å². The Balaban J connectivity index is 0.000000141. The molecular formula is C15H26N2O2. The Morgan fingerprint density at radius 3 is 2.26 bits per heavy atom. The van der Waals surface area contributed by atoms with Crippen LogP contribution in [0, 0.1) is 0 Å². The lowest BCUT2D eigenvalue weighted by molar-refractivity contribution is -0.138. The lowest BCUT2D eigenvalue weighted by atomic mass is 9.91. The molecule has 3 rings (SSSR count). The zero-order valence-corrected chi connectivity index (χ0v) is 12.2. The predicted molar refractivity (Wildman–Crippen MR) is 75.2 cm³/mol. The van der Waals surface area contributed by atoms with Gasteiger partial charge in [0.15, 0.2) is 5.78 Å². The Kier molecular flexibility index (Phi) is 5.11. The monoisotopic (exact) mass is 266 g/mol. The van der Waals surface area contributed by atoms with E-state index < -0.39 is 0 Å². The van der Waals surface area contributed by atoms with Gasteiger partial charge in [0.25, 0.3) is 0 Å². The molecule has 2 unspecified atom stereocenters. The van der Waals surface area contributed by atoms with Crippen LogP contribution in [-0.4, -0.2) is 60.1 Å². The van der Waals surface area contributed by atoms with Crippen molar-refractivity contribution in [2.75, 3.05) is 26.7 Å². The number of hydrogen-bond donors (Lipinski definition) is 0. The largest absolute Gasteiger partial charge is 0.298 e. The van der Waals surface area contributed by atoms with Crippen LogP contribution >= 0.6 is 0 Å². The molecule has 3 aliphatic heterocycles. The first kappa shape index (κ1) is 14.7. The summed E-state index contributed by atoms with van der Waals surface area (Å²) in [5.74, 6) is 0.789. The van der Waals surface area contributed by atoms with Crippen LogP contribution in [0.4, 0.5) is 0 Å². The summed E-state index contributed by atoms with van der Waals surface area (Å²) in [6, 6.07) is 0.562. The fourth-order valence-electron chi connectivity index (χ4n) is 3.33. The Bertz CT molecular complexity index is 343. The fraction of sp³-hybridized carbons (Fsp3) is 0.867. The SMILES string of the molecule is CC(=O)C1CCCCN1C.O=C1CN2CCCCC12. The molecule has 108 valence electrons. The number of likely N-dealkylation sites (tertiary alicyclic amines) is 1. The van der Waals surface area contributed by atoms with Gasteiger partial charge in [-0.3, -0.25) is 19.4 Å². The minimum atomic E-state index is 0.216. The molecule has 2 atom stereocenters. The van der Waals surface area contributed by atoms with Gasteiger partial charge >= 0.3 is 0 Å². The summed E-state index contributed by atoms with van der Waals surface area (Å²) >= 11 is 0. The lowest BCUT2D eigenvalue weighted by Crippen LogP contribution is -2.58. The molecule has 0 amide bonds. The minimum absolute atomic E-state index is 0.216. The van der Waals surface area contributed by atoms with Crippen molar-refractivity contribution < 1.29 is 9.59 Å². The van der Waals surface area contributed by atoms with E-state index in [0.717, 1.165) is 32.5 Å². The van der Waals surface area contributed by atoms with Gasteiger partial charge in [0.2, 0.25) is 0 Å². The second-order valence-electron chi connectivity index (χ2n) is 6.05. The van der Waals surface area contributed by atoms with Crippen LogP contribution in [0.5, 0.6) is 0 Å². The summed E-state index contributed by atoms with van der Waals surface area (Å²) < 4.78 is 0. The van der Waals surface area contributed by atoms with E-state index >= 15 is 0 Å². The number of carbonyl (C=O) groups excluding carboxylic acids is 2. The third-order valence-corrected chi connectivity index (χ3v) is 4.58. The molecule has 0 aliphatic carbocycles. The first-order valence-corrected chi connectivity index (χ1v) is 7.57. The highest BCUT2D eigenvalue weighted by atomic mass is 16.1. The highest BCUT2D eigenvalue weighted by Gasteiger charge is 2.37. The number of likely N-dealkylation sites (N-methyl/N-ethyl adjacent to an activating group) is 1. The first-order chi connectivity index (χ1) is 9.09. The fourth-order valence-corrected chi connectivity index (χ4v) is 3.33. The average molecular weight is 266 g/mol. The maximum atomic E-state index is 11.0. The van der Waals surface area contributed by atoms with Crippen molar-refractivity contribution in [1.82, 2.24) is 9.80 Å². The van der Waals surface area contributed by atoms with E-state index in [2.05, 4.69) is 9.80 Å². The first-order valence-electron chi connectivity index (χ1n) is 7.57. The minimum Gasteiger partial charge on any atom is -0.298 e. The van der Waals surface area contributed by atoms with Gasteiger partial charge in [0.05, 0.1) is 18.6 Å². The number of Topliss-reactive ketones (excluding diaryl/α,β-unsaturated/α-hetero) is 2. The van der Waals surface area contributed by atoms with Crippen LogP contribution in [0.25, 0.3) is 0 Å². The van der Waals surface area contributed by atoms with Crippen LogP contribution in [0.15, 0.2) is 0 Å². The second-order valence-corrected chi connectivity index (χ2v) is 6.05. The van der Waals surface area contributed by atoms with E-state index in [1.165, 1.54) is 25.7 Å². The third kappa shape index (κ3) is 3.63. The van der Waals surface area contributed by atoms with E-state index in [4.69, 9.17) is 0 Å². The highest BCUT2D eigenvalue weighted by molar-refractivity contribution is 5.91. The van der Waals surface area contributed by atoms with Crippen molar-refractivity contribution in [2.45, 2.75) is 57.5 Å². The van der Waals surface area contributed by atoms with Gasteiger partial charge in [-0.05, 0) is 52.7 Å². The molecule has 0 bridgehead atoms. The quantitative estimate of drug-likeness (QED) is 0.721. The van der Waals surface area contributed by atoms with Crippen LogP contribution < -0.4 is 0 Å². The van der Waals surface area contributed by atoms with Gasteiger partial charge in [0, 0.05) is 0 Å². The molecule has 19 heavy (non-hydrogen) atoms. The zero-order valence-electron chi connectivity index (χ0n) is 12.2. The predicted octanol–water partition coefficient (Wildman–Crippen LogP) is 1.48. The summed E-state index contributed by atoms with van der Waals surface area (Å²) in [6.07, 6.45) is 7.20. The average Bonchev–Trinajstić information content (AvgIpc) is 2.38. The molecule has 3 fully saturated rings. The number of ketones is 2. The van der Waals surface area contributed by atoms with Crippen LogP contribution in [0.3, 0.4) is 0 Å². The molecule has 3 saturated heterocycles. The summed E-state index contributed by atoms with van der Waals surface area (Å²) in [5, 5.41) is 0. The molecule has 4 nitrogen and oxygen atoms in total. The van der Waals surface area contributed by atoms with Gasteiger partial charge in [-0.2, -0.15) is 0 Å². The van der Waals surface area contributed by atoms with Gasteiger partial charge in [-0.25, -0.2) is 0 Å². The van der Waals surface area contributed by atoms with Crippen LogP contribution in [-0.2, 0) is 9.59 Å². The lowest BCUT2D eigenvalue weighted by Gasteiger charge is -2.42. The van der Waals surface area contributed by atoms with E-state index in [9.17, 15) is 9.59 Å². The second kappa shape index (κ2) is 6.62. The van der Waals surface area contributed by atoms with E-state index in [1.807, 2.05) is 7.05 Å². The maximum absolute atomic E-state index is 11.0. The van der Waals surface area contributed by atoms with E-state index in [1.54, 1.807) is 6.92 Å². The molecule has 3 aliphatic rings. The van der Waals surface area contributed by atoms with Crippen molar-refractivity contribution in [1.29, 1.82) is 0 Å². The maximum Gasteiger partial charge on any atom is 0.163 e. The third-order valence-electron chi connectivity index (χ3n) is 4.58. The Morgan fingerprint density at radius 1 is 1.11 bits per heavy atom. The van der Waals surface area contributed by atoms with Gasteiger partial charge in [-0.1, -0.05) is 12.8 Å². The number of carbonyl (C=O) groups is 2. The molecule has 0 aromatic rings. The normalized spacial score (nSPS) is 31.8. The summed E-state index contributed by atoms with van der Waals surface area (Å²) in [6.45, 7) is 4.68. The topological polar surface area (TPSA) is 40.6 Å². The van der Waals surface area contributed by atoms with Crippen molar-refractivity contribution in [2.24, 2.45) is 0 Å². The Labute approximate surface area is 116 Å². The molecule has 4 heteroatoms. The summed E-state index contributed by atoms with van der Waals surface area (Å²) in [5.41, 5.74) is 0. The van der Waals surface area contributed by atoms with Crippen LogP contribution in [0.2, 0.25) is 0 Å². The molecular weight excluding hydrogens is 240 g/mol. The molecule has 0 radical (unpaired) electrons. The van der Waals surface area contributed by atoms with Crippen molar-refractivity contribution in [3.05, 3.63) is 0 Å². The van der Waals surface area contributed by atoms with Gasteiger partial charge in [-0.15, -0.1) is 0 Å².